The zero-order chi connectivity index (χ0) is 17.0. The lowest BCUT2D eigenvalue weighted by molar-refractivity contribution is -0.384. The molecular formula is C17H19N3O3. The lowest BCUT2D eigenvalue weighted by Crippen LogP contribution is -2.23. The Bertz CT molecular complexity index is 724. The lowest BCUT2D eigenvalue weighted by atomic mass is 10.1. The number of hydrogen-bond acceptors (Lipinski definition) is 4. The zero-order valence-corrected chi connectivity index (χ0v) is 13.4. The van der Waals surface area contributed by atoms with E-state index in [2.05, 4.69) is 5.32 Å². The van der Waals surface area contributed by atoms with Crippen LogP contribution in [0.3, 0.4) is 0 Å². The number of carbonyl (C=O) groups excluding carboxylic acids is 1. The van der Waals surface area contributed by atoms with Gasteiger partial charge in [0.15, 0.2) is 0 Å². The standard InChI is InChI=1S/C17H19N3O3/c1-12-4-6-13(7-5-12)11-18-17(21)14-8-9-15(19(2)3)16(10-14)20(22)23/h4-10H,11H2,1-3H3,(H,18,21). The summed E-state index contributed by atoms with van der Waals surface area (Å²) in [5.41, 5.74) is 2.77. The van der Waals surface area contributed by atoms with Gasteiger partial charge in [-0.05, 0) is 24.6 Å². The lowest BCUT2D eigenvalue weighted by Gasteiger charge is -2.13. The van der Waals surface area contributed by atoms with Gasteiger partial charge in [-0.15, -0.1) is 0 Å². The summed E-state index contributed by atoms with van der Waals surface area (Å²) in [6.45, 7) is 2.37. The molecule has 120 valence electrons. The van der Waals surface area contributed by atoms with Gasteiger partial charge in [0.05, 0.1) is 4.92 Å². The van der Waals surface area contributed by atoms with Gasteiger partial charge >= 0.3 is 0 Å². The fourth-order valence-electron chi connectivity index (χ4n) is 2.18. The molecule has 0 saturated carbocycles. The second-order valence-corrected chi connectivity index (χ2v) is 5.52. The predicted molar refractivity (Wildman–Crippen MR) is 89.8 cm³/mol. The summed E-state index contributed by atoms with van der Waals surface area (Å²) in [6, 6.07) is 12.3. The number of aryl methyl sites for hydroxylation is 1. The first-order chi connectivity index (χ1) is 10.9. The summed E-state index contributed by atoms with van der Waals surface area (Å²) in [5.74, 6) is -0.334. The van der Waals surface area contributed by atoms with Crippen molar-refractivity contribution in [3.8, 4) is 0 Å². The van der Waals surface area contributed by atoms with Gasteiger partial charge < -0.3 is 10.2 Å². The minimum atomic E-state index is -0.480. The van der Waals surface area contributed by atoms with Crippen LogP contribution in [0.2, 0.25) is 0 Å². The van der Waals surface area contributed by atoms with E-state index in [4.69, 9.17) is 0 Å². The average Bonchev–Trinajstić information content (AvgIpc) is 2.53. The fourth-order valence-corrected chi connectivity index (χ4v) is 2.18. The molecule has 23 heavy (non-hydrogen) atoms. The molecule has 0 bridgehead atoms. The molecule has 0 aliphatic rings. The summed E-state index contributed by atoms with van der Waals surface area (Å²) >= 11 is 0. The second-order valence-electron chi connectivity index (χ2n) is 5.52. The van der Waals surface area contributed by atoms with Crippen LogP contribution in [0.15, 0.2) is 42.5 Å². The van der Waals surface area contributed by atoms with Crippen LogP contribution >= 0.6 is 0 Å². The van der Waals surface area contributed by atoms with E-state index in [0.717, 1.165) is 11.1 Å². The summed E-state index contributed by atoms with van der Waals surface area (Å²) in [4.78, 5) is 24.5. The monoisotopic (exact) mass is 313 g/mol. The maximum Gasteiger partial charge on any atom is 0.293 e. The van der Waals surface area contributed by atoms with E-state index in [1.807, 2.05) is 31.2 Å². The van der Waals surface area contributed by atoms with Crippen LogP contribution in [0.1, 0.15) is 21.5 Å². The summed E-state index contributed by atoms with van der Waals surface area (Å²) in [5, 5.41) is 13.9. The van der Waals surface area contributed by atoms with Crippen LogP contribution in [0, 0.1) is 17.0 Å². The molecule has 0 aliphatic carbocycles. The summed E-state index contributed by atoms with van der Waals surface area (Å²) in [6.07, 6.45) is 0. The number of rotatable bonds is 5. The molecule has 0 unspecified atom stereocenters. The van der Waals surface area contributed by atoms with Crippen molar-refractivity contribution in [3.05, 3.63) is 69.3 Å². The van der Waals surface area contributed by atoms with Crippen molar-refractivity contribution in [1.82, 2.24) is 5.32 Å². The quantitative estimate of drug-likeness (QED) is 0.680. The van der Waals surface area contributed by atoms with Crippen molar-refractivity contribution in [2.24, 2.45) is 0 Å². The largest absolute Gasteiger partial charge is 0.372 e. The Morgan fingerprint density at radius 1 is 1.17 bits per heavy atom. The Labute approximate surface area is 134 Å². The molecule has 0 fully saturated rings. The number of anilines is 1. The van der Waals surface area contributed by atoms with Crippen molar-refractivity contribution in [2.45, 2.75) is 13.5 Å². The van der Waals surface area contributed by atoms with E-state index >= 15 is 0 Å². The Morgan fingerprint density at radius 2 is 1.83 bits per heavy atom. The van der Waals surface area contributed by atoms with E-state index in [9.17, 15) is 14.9 Å². The van der Waals surface area contributed by atoms with Crippen LogP contribution in [0.25, 0.3) is 0 Å². The number of nitrogens with one attached hydrogen (secondary N) is 1. The molecule has 0 spiro atoms. The average molecular weight is 313 g/mol. The van der Waals surface area contributed by atoms with Crippen LogP contribution in [-0.2, 0) is 6.54 Å². The minimum Gasteiger partial charge on any atom is -0.372 e. The number of nitro groups is 1. The molecule has 0 aromatic heterocycles. The molecule has 6 heteroatoms. The number of amides is 1. The van der Waals surface area contributed by atoms with Gasteiger partial charge in [-0.2, -0.15) is 0 Å². The predicted octanol–water partition coefficient (Wildman–Crippen LogP) is 2.90. The Hall–Kier alpha value is -2.89. The number of benzene rings is 2. The molecule has 0 saturated heterocycles. The highest BCUT2D eigenvalue weighted by molar-refractivity contribution is 5.95. The van der Waals surface area contributed by atoms with Crippen molar-refractivity contribution in [1.29, 1.82) is 0 Å². The molecule has 0 radical (unpaired) electrons. The third-order valence-electron chi connectivity index (χ3n) is 3.49. The van der Waals surface area contributed by atoms with Gasteiger partial charge in [-0.1, -0.05) is 29.8 Å². The number of hydrogen-bond donors (Lipinski definition) is 1. The highest BCUT2D eigenvalue weighted by atomic mass is 16.6. The third-order valence-corrected chi connectivity index (χ3v) is 3.49. The van der Waals surface area contributed by atoms with Gasteiger partial charge in [0.1, 0.15) is 5.69 Å². The summed E-state index contributed by atoms with van der Waals surface area (Å²) < 4.78 is 0. The molecule has 1 N–H and O–H groups in total. The molecule has 0 atom stereocenters. The first kappa shape index (κ1) is 16.5. The molecule has 0 heterocycles. The van der Waals surface area contributed by atoms with Crippen molar-refractivity contribution < 1.29 is 9.72 Å². The van der Waals surface area contributed by atoms with Crippen LogP contribution in [0.4, 0.5) is 11.4 Å². The van der Waals surface area contributed by atoms with E-state index in [0.29, 0.717) is 12.2 Å². The topological polar surface area (TPSA) is 75.5 Å². The molecule has 2 aromatic carbocycles. The van der Waals surface area contributed by atoms with Crippen molar-refractivity contribution >= 4 is 17.3 Å². The number of nitrogens with zero attached hydrogens (tertiary/aromatic N) is 2. The highest BCUT2D eigenvalue weighted by Crippen LogP contribution is 2.27. The van der Waals surface area contributed by atoms with Crippen LogP contribution in [-0.4, -0.2) is 24.9 Å². The highest BCUT2D eigenvalue weighted by Gasteiger charge is 2.18. The van der Waals surface area contributed by atoms with Crippen LogP contribution in [0.5, 0.6) is 0 Å². The number of nitro benzene ring substituents is 1. The van der Waals surface area contributed by atoms with E-state index < -0.39 is 4.92 Å². The number of carbonyl (C=O) groups is 1. The first-order valence-corrected chi connectivity index (χ1v) is 7.18. The van der Waals surface area contributed by atoms with Crippen LogP contribution < -0.4 is 10.2 Å². The van der Waals surface area contributed by atoms with Crippen molar-refractivity contribution in [3.63, 3.8) is 0 Å². The third kappa shape index (κ3) is 4.06. The van der Waals surface area contributed by atoms with E-state index in [-0.39, 0.29) is 17.2 Å². The van der Waals surface area contributed by atoms with Gasteiger partial charge in [-0.25, -0.2) is 0 Å². The summed E-state index contributed by atoms with van der Waals surface area (Å²) in [7, 11) is 3.44. The smallest absolute Gasteiger partial charge is 0.293 e. The molecule has 2 rings (SSSR count). The Morgan fingerprint density at radius 3 is 2.39 bits per heavy atom. The second kappa shape index (κ2) is 6.91. The minimum absolute atomic E-state index is 0.0852. The molecule has 6 nitrogen and oxygen atoms in total. The maximum absolute atomic E-state index is 12.2. The molecule has 2 aromatic rings. The van der Waals surface area contributed by atoms with E-state index in [1.165, 1.54) is 6.07 Å². The van der Waals surface area contributed by atoms with Gasteiger partial charge in [0, 0.05) is 32.3 Å². The SMILES string of the molecule is Cc1ccc(CNC(=O)c2ccc(N(C)C)c([N+](=O)[O-])c2)cc1. The maximum atomic E-state index is 12.2. The Kier molecular flexibility index (Phi) is 4.95. The van der Waals surface area contributed by atoms with Gasteiger partial charge in [0.25, 0.3) is 11.6 Å². The zero-order valence-electron chi connectivity index (χ0n) is 13.4. The Balaban J connectivity index is 2.14. The van der Waals surface area contributed by atoms with E-state index in [1.54, 1.807) is 31.1 Å². The van der Waals surface area contributed by atoms with Crippen molar-refractivity contribution in [2.75, 3.05) is 19.0 Å². The molecule has 0 aliphatic heterocycles. The molecular weight excluding hydrogens is 294 g/mol. The van der Waals surface area contributed by atoms with Gasteiger partial charge in [0.2, 0.25) is 0 Å². The fraction of sp³-hybridized carbons (Fsp3) is 0.235. The normalized spacial score (nSPS) is 10.2. The first-order valence-electron chi connectivity index (χ1n) is 7.18. The molecule has 1 amide bonds. The van der Waals surface area contributed by atoms with Gasteiger partial charge in [-0.3, -0.25) is 14.9 Å².